The molecule has 1 aliphatic heterocycles. The van der Waals surface area contributed by atoms with Crippen molar-refractivity contribution in [2.45, 2.75) is 25.8 Å². The quantitative estimate of drug-likeness (QED) is 0.877. The number of amides is 1. The molecule has 1 aliphatic rings. The van der Waals surface area contributed by atoms with Crippen molar-refractivity contribution in [2.24, 2.45) is 5.92 Å². The van der Waals surface area contributed by atoms with Crippen LogP contribution in [-0.2, 0) is 17.8 Å². The summed E-state index contributed by atoms with van der Waals surface area (Å²) in [5, 5.41) is 4.25. The number of carbonyl (C=O) groups is 1. The lowest BCUT2D eigenvalue weighted by Crippen LogP contribution is -2.40. The Morgan fingerprint density at radius 1 is 1.23 bits per heavy atom. The van der Waals surface area contributed by atoms with Crippen LogP contribution in [0.1, 0.15) is 18.4 Å². The van der Waals surface area contributed by atoms with Gasteiger partial charge in [-0.2, -0.15) is 5.10 Å². The zero-order valence-electron chi connectivity index (χ0n) is 12.7. The van der Waals surface area contributed by atoms with Gasteiger partial charge in [0, 0.05) is 37.7 Å². The second kappa shape index (κ2) is 6.64. The normalized spacial score (nSPS) is 15.9. The minimum atomic E-state index is 0.210. The molecule has 0 bridgehead atoms. The van der Waals surface area contributed by atoms with Crippen LogP contribution in [0.3, 0.4) is 0 Å². The van der Waals surface area contributed by atoms with Crippen LogP contribution >= 0.6 is 0 Å². The molecule has 1 aromatic heterocycles. The van der Waals surface area contributed by atoms with Crippen LogP contribution in [0, 0.1) is 5.92 Å². The van der Waals surface area contributed by atoms with Crippen LogP contribution in [-0.4, -0.2) is 33.7 Å². The topological polar surface area (TPSA) is 64.2 Å². The fraction of sp³-hybridized carbons (Fsp3) is 0.412. The average molecular weight is 298 g/mol. The van der Waals surface area contributed by atoms with Crippen LogP contribution < -0.4 is 5.73 Å². The van der Waals surface area contributed by atoms with Crippen molar-refractivity contribution in [1.82, 2.24) is 14.7 Å². The number of nitrogens with zero attached hydrogens (tertiary/aromatic N) is 3. The van der Waals surface area contributed by atoms with Gasteiger partial charge < -0.3 is 10.6 Å². The molecule has 0 aliphatic carbocycles. The summed E-state index contributed by atoms with van der Waals surface area (Å²) < 4.78 is 1.98. The van der Waals surface area contributed by atoms with Gasteiger partial charge in [-0.1, -0.05) is 12.1 Å². The van der Waals surface area contributed by atoms with Crippen molar-refractivity contribution in [3.8, 4) is 0 Å². The van der Waals surface area contributed by atoms with E-state index in [2.05, 4.69) is 5.10 Å². The molecule has 1 aromatic carbocycles. The number of anilines is 1. The fourth-order valence-electron chi connectivity index (χ4n) is 2.96. The Morgan fingerprint density at radius 2 is 1.95 bits per heavy atom. The van der Waals surface area contributed by atoms with E-state index in [1.165, 1.54) is 0 Å². The Labute approximate surface area is 130 Å². The molecule has 0 atom stereocenters. The Morgan fingerprint density at radius 3 is 2.59 bits per heavy atom. The Hall–Kier alpha value is -2.30. The molecule has 1 fully saturated rings. The molecule has 2 N–H and O–H groups in total. The highest BCUT2D eigenvalue weighted by atomic mass is 16.2. The summed E-state index contributed by atoms with van der Waals surface area (Å²) in [7, 11) is 0. The molecule has 0 spiro atoms. The van der Waals surface area contributed by atoms with Crippen LogP contribution in [0.4, 0.5) is 5.69 Å². The molecule has 1 saturated heterocycles. The predicted octanol–water partition coefficient (Wildman–Crippen LogP) is 1.95. The highest BCUT2D eigenvalue weighted by Gasteiger charge is 2.23. The maximum absolute atomic E-state index is 12.4. The number of likely N-dealkylation sites (tertiary alicyclic amines) is 1. The molecule has 2 heterocycles. The first-order valence-corrected chi connectivity index (χ1v) is 7.80. The summed E-state index contributed by atoms with van der Waals surface area (Å²) in [4.78, 5) is 14.3. The average Bonchev–Trinajstić information content (AvgIpc) is 3.03. The van der Waals surface area contributed by atoms with Gasteiger partial charge in [0.2, 0.25) is 5.91 Å². The fourth-order valence-corrected chi connectivity index (χ4v) is 2.96. The Bertz CT molecular complexity index is 598. The van der Waals surface area contributed by atoms with E-state index in [0.29, 0.717) is 12.3 Å². The van der Waals surface area contributed by atoms with Gasteiger partial charge in [0.25, 0.3) is 0 Å². The largest absolute Gasteiger partial charge is 0.399 e. The van der Waals surface area contributed by atoms with Crippen molar-refractivity contribution >= 4 is 11.6 Å². The number of nitrogens with two attached hydrogens (primary N) is 1. The second-order valence-corrected chi connectivity index (χ2v) is 5.97. The number of hydrogen-bond donors (Lipinski definition) is 1. The molecule has 2 aromatic rings. The van der Waals surface area contributed by atoms with Crippen molar-refractivity contribution in [3.63, 3.8) is 0 Å². The first kappa shape index (κ1) is 14.6. The second-order valence-electron chi connectivity index (χ2n) is 5.97. The van der Waals surface area contributed by atoms with E-state index >= 15 is 0 Å². The highest BCUT2D eigenvalue weighted by molar-refractivity contribution is 5.79. The van der Waals surface area contributed by atoms with Crippen LogP contribution in [0.15, 0.2) is 42.7 Å². The van der Waals surface area contributed by atoms with Gasteiger partial charge in [0.05, 0.1) is 6.42 Å². The van der Waals surface area contributed by atoms with Crippen molar-refractivity contribution in [2.75, 3.05) is 18.8 Å². The summed E-state index contributed by atoms with van der Waals surface area (Å²) in [6.45, 7) is 2.65. The molecule has 1 amide bonds. The monoisotopic (exact) mass is 298 g/mol. The number of nitrogen functional groups attached to an aromatic ring is 1. The maximum atomic E-state index is 12.4. The molecular formula is C17H22N4O. The number of hydrogen-bond acceptors (Lipinski definition) is 3. The van der Waals surface area contributed by atoms with E-state index in [4.69, 9.17) is 5.73 Å². The summed E-state index contributed by atoms with van der Waals surface area (Å²) in [5.41, 5.74) is 7.43. The minimum Gasteiger partial charge on any atom is -0.399 e. The highest BCUT2D eigenvalue weighted by Crippen LogP contribution is 2.19. The Kier molecular flexibility index (Phi) is 4.42. The van der Waals surface area contributed by atoms with Crippen molar-refractivity contribution in [3.05, 3.63) is 48.3 Å². The predicted molar refractivity (Wildman–Crippen MR) is 86.1 cm³/mol. The maximum Gasteiger partial charge on any atom is 0.226 e. The number of rotatable bonds is 4. The van der Waals surface area contributed by atoms with E-state index in [1.54, 1.807) is 0 Å². The van der Waals surface area contributed by atoms with Gasteiger partial charge in [-0.05, 0) is 42.5 Å². The first-order valence-electron chi connectivity index (χ1n) is 7.80. The van der Waals surface area contributed by atoms with E-state index < -0.39 is 0 Å². The minimum absolute atomic E-state index is 0.210. The van der Waals surface area contributed by atoms with Crippen LogP contribution in [0.5, 0.6) is 0 Å². The lowest BCUT2D eigenvalue weighted by molar-refractivity contribution is -0.131. The summed E-state index contributed by atoms with van der Waals surface area (Å²) >= 11 is 0. The lowest BCUT2D eigenvalue weighted by atomic mass is 9.96. The SMILES string of the molecule is Nc1ccc(CC(=O)N2CCC(Cn3cccn3)CC2)cc1. The number of carbonyl (C=O) groups excluding carboxylic acids is 1. The summed E-state index contributed by atoms with van der Waals surface area (Å²) in [6.07, 6.45) is 6.37. The number of aromatic nitrogens is 2. The van der Waals surface area contributed by atoms with Gasteiger partial charge in [-0.3, -0.25) is 9.48 Å². The van der Waals surface area contributed by atoms with Crippen molar-refractivity contribution in [1.29, 1.82) is 0 Å². The summed E-state index contributed by atoms with van der Waals surface area (Å²) in [6, 6.07) is 9.50. The smallest absolute Gasteiger partial charge is 0.226 e. The Balaban J connectivity index is 1.48. The molecule has 0 radical (unpaired) electrons. The third kappa shape index (κ3) is 3.67. The van der Waals surface area contributed by atoms with Gasteiger partial charge in [-0.15, -0.1) is 0 Å². The van der Waals surface area contributed by atoms with E-state index in [9.17, 15) is 4.79 Å². The summed E-state index contributed by atoms with van der Waals surface area (Å²) in [5.74, 6) is 0.822. The van der Waals surface area contributed by atoms with Gasteiger partial charge in [0.1, 0.15) is 0 Å². The molecule has 0 saturated carbocycles. The molecule has 22 heavy (non-hydrogen) atoms. The zero-order valence-corrected chi connectivity index (χ0v) is 12.7. The van der Waals surface area contributed by atoms with Gasteiger partial charge in [0.15, 0.2) is 0 Å². The number of piperidine rings is 1. The molecule has 5 nitrogen and oxygen atoms in total. The molecule has 0 unspecified atom stereocenters. The molecule has 3 rings (SSSR count). The molecule has 5 heteroatoms. The molecule has 116 valence electrons. The van der Waals surface area contributed by atoms with E-state index in [1.807, 2.05) is 52.3 Å². The van der Waals surface area contributed by atoms with Crippen LogP contribution in [0.25, 0.3) is 0 Å². The zero-order chi connectivity index (χ0) is 15.4. The van der Waals surface area contributed by atoms with E-state index in [-0.39, 0.29) is 5.91 Å². The third-order valence-corrected chi connectivity index (χ3v) is 4.31. The van der Waals surface area contributed by atoms with Crippen molar-refractivity contribution < 1.29 is 4.79 Å². The lowest BCUT2D eigenvalue weighted by Gasteiger charge is -2.32. The van der Waals surface area contributed by atoms with E-state index in [0.717, 1.165) is 43.7 Å². The van der Waals surface area contributed by atoms with Gasteiger partial charge in [-0.25, -0.2) is 0 Å². The van der Waals surface area contributed by atoms with Crippen LogP contribution in [0.2, 0.25) is 0 Å². The number of benzene rings is 1. The van der Waals surface area contributed by atoms with Gasteiger partial charge >= 0.3 is 0 Å². The first-order chi connectivity index (χ1) is 10.7. The molecular weight excluding hydrogens is 276 g/mol. The third-order valence-electron chi connectivity index (χ3n) is 4.31. The standard InChI is InChI=1S/C17H22N4O/c18-16-4-2-14(3-5-16)12-17(22)20-10-6-15(7-11-20)13-21-9-1-8-19-21/h1-5,8-9,15H,6-7,10-13,18H2.